The fourth-order valence-corrected chi connectivity index (χ4v) is 4.02. The predicted octanol–water partition coefficient (Wildman–Crippen LogP) is 2.79. The zero-order chi connectivity index (χ0) is 20.8. The number of halogens is 2. The number of rotatable bonds is 4. The maximum atomic E-state index is 14.5. The number of pyridine rings is 1. The molecule has 3 N–H and O–H groups in total. The van der Waals surface area contributed by atoms with Crippen molar-refractivity contribution in [3.63, 3.8) is 0 Å². The van der Waals surface area contributed by atoms with E-state index >= 15 is 0 Å². The number of carbonyl (C=O) groups is 2. The molecule has 5 rings (SSSR count). The van der Waals surface area contributed by atoms with E-state index in [1.165, 1.54) is 12.1 Å². The normalized spacial score (nSPS) is 17.6. The number of hydrogen-bond donors (Lipinski definition) is 3. The van der Waals surface area contributed by atoms with Crippen molar-refractivity contribution in [2.24, 2.45) is 0 Å². The van der Waals surface area contributed by atoms with Crippen LogP contribution in [0.5, 0.6) is 0 Å². The zero-order valence-electron chi connectivity index (χ0n) is 15.6. The van der Waals surface area contributed by atoms with Crippen molar-refractivity contribution >= 4 is 34.8 Å². The molecular formula is C20H16ClFN6O2. The van der Waals surface area contributed by atoms with Gasteiger partial charge in [-0.3, -0.25) is 14.3 Å². The molecule has 0 saturated carbocycles. The van der Waals surface area contributed by atoms with Gasteiger partial charge in [-0.2, -0.15) is 5.10 Å². The summed E-state index contributed by atoms with van der Waals surface area (Å²) < 4.78 is 16.0. The first-order chi connectivity index (χ1) is 14.5. The van der Waals surface area contributed by atoms with Gasteiger partial charge in [0.15, 0.2) is 0 Å². The van der Waals surface area contributed by atoms with E-state index in [0.717, 1.165) is 0 Å². The average molecular weight is 427 g/mol. The molecule has 30 heavy (non-hydrogen) atoms. The second-order valence-corrected chi connectivity index (χ2v) is 7.49. The number of aromatic nitrogens is 3. The summed E-state index contributed by atoms with van der Waals surface area (Å²) in [6.45, 7) is 0.848. The highest BCUT2D eigenvalue weighted by Crippen LogP contribution is 2.35. The molecular weight excluding hydrogens is 411 g/mol. The second kappa shape index (κ2) is 7.10. The van der Waals surface area contributed by atoms with Crippen LogP contribution in [0.2, 0.25) is 5.02 Å². The molecule has 1 unspecified atom stereocenters. The molecule has 1 fully saturated rings. The number of nitrogens with one attached hydrogen (secondary N) is 3. The SMILES string of the molecule is O=C1NCc2nc(-c3c(F)cccc3Cl)cc(Nc3cnn(C4CCNC4=O)c3)c21. The number of benzene rings is 1. The first-order valence-electron chi connectivity index (χ1n) is 9.36. The van der Waals surface area contributed by atoms with Crippen LogP contribution in [-0.4, -0.2) is 33.1 Å². The van der Waals surface area contributed by atoms with Crippen molar-refractivity contribution in [3.05, 3.63) is 58.8 Å². The number of nitrogens with zero attached hydrogens (tertiary/aromatic N) is 3. The van der Waals surface area contributed by atoms with Crippen LogP contribution in [0.4, 0.5) is 15.8 Å². The van der Waals surface area contributed by atoms with E-state index in [1.807, 2.05) is 0 Å². The van der Waals surface area contributed by atoms with Crippen LogP contribution in [0.25, 0.3) is 11.3 Å². The van der Waals surface area contributed by atoms with E-state index in [1.54, 1.807) is 29.2 Å². The summed E-state index contributed by atoms with van der Waals surface area (Å²) >= 11 is 6.21. The van der Waals surface area contributed by atoms with E-state index in [0.29, 0.717) is 41.3 Å². The van der Waals surface area contributed by atoms with Gasteiger partial charge in [-0.25, -0.2) is 9.37 Å². The molecule has 152 valence electrons. The van der Waals surface area contributed by atoms with E-state index in [4.69, 9.17) is 11.6 Å². The van der Waals surface area contributed by atoms with Crippen LogP contribution in [0.1, 0.15) is 28.5 Å². The molecule has 0 spiro atoms. The van der Waals surface area contributed by atoms with Gasteiger partial charge in [0.05, 0.1) is 51.7 Å². The summed E-state index contributed by atoms with van der Waals surface area (Å²) in [6, 6.07) is 5.64. The van der Waals surface area contributed by atoms with E-state index in [2.05, 4.69) is 26.0 Å². The molecule has 0 aliphatic carbocycles. The first-order valence-corrected chi connectivity index (χ1v) is 9.74. The molecule has 3 aromatic rings. The fourth-order valence-electron chi connectivity index (χ4n) is 3.76. The largest absolute Gasteiger partial charge is 0.354 e. The monoisotopic (exact) mass is 426 g/mol. The second-order valence-electron chi connectivity index (χ2n) is 7.09. The minimum absolute atomic E-state index is 0.0784. The number of amides is 2. The number of carbonyl (C=O) groups excluding carboxylic acids is 2. The highest BCUT2D eigenvalue weighted by Gasteiger charge is 2.28. The summed E-state index contributed by atoms with van der Waals surface area (Å²) in [4.78, 5) is 28.7. The molecule has 1 saturated heterocycles. The Labute approximate surface area is 175 Å². The highest BCUT2D eigenvalue weighted by molar-refractivity contribution is 6.33. The molecule has 1 aromatic carbocycles. The Bertz CT molecular complexity index is 1170. The van der Waals surface area contributed by atoms with Crippen molar-refractivity contribution in [1.29, 1.82) is 0 Å². The molecule has 0 bridgehead atoms. The number of fused-ring (bicyclic) bond motifs is 1. The third-order valence-corrected chi connectivity index (χ3v) is 5.49. The van der Waals surface area contributed by atoms with Crippen molar-refractivity contribution in [3.8, 4) is 11.3 Å². The van der Waals surface area contributed by atoms with Crippen LogP contribution in [-0.2, 0) is 11.3 Å². The summed E-state index contributed by atoms with van der Waals surface area (Å²) in [6.07, 6.45) is 3.93. The van der Waals surface area contributed by atoms with Gasteiger partial charge in [-0.1, -0.05) is 17.7 Å². The van der Waals surface area contributed by atoms with E-state index < -0.39 is 5.82 Å². The van der Waals surface area contributed by atoms with Crippen molar-refractivity contribution in [2.75, 3.05) is 11.9 Å². The number of anilines is 2. The molecule has 1 atom stereocenters. The molecule has 2 aromatic heterocycles. The Morgan fingerprint density at radius 3 is 2.87 bits per heavy atom. The van der Waals surface area contributed by atoms with Crippen LogP contribution < -0.4 is 16.0 Å². The Morgan fingerprint density at radius 1 is 1.23 bits per heavy atom. The van der Waals surface area contributed by atoms with Crippen molar-refractivity contribution in [1.82, 2.24) is 25.4 Å². The standard InChI is InChI=1S/C20H16ClFN6O2/c21-11-2-1-3-12(22)17(11)13-6-14(18-15(27-13)8-24-20(18)30)26-10-7-25-28(9-10)16-4-5-23-19(16)29/h1-3,6-7,9,16H,4-5,8H2,(H,23,29)(H,24,30)(H,26,27). The van der Waals surface area contributed by atoms with Crippen molar-refractivity contribution in [2.45, 2.75) is 19.0 Å². The van der Waals surface area contributed by atoms with Crippen LogP contribution >= 0.6 is 11.6 Å². The maximum absolute atomic E-state index is 14.5. The van der Waals surface area contributed by atoms with Gasteiger partial charge in [0.25, 0.3) is 5.91 Å². The molecule has 2 aliphatic rings. The summed E-state index contributed by atoms with van der Waals surface area (Å²) in [5, 5.41) is 13.2. The summed E-state index contributed by atoms with van der Waals surface area (Å²) in [5.41, 5.74) is 2.42. The van der Waals surface area contributed by atoms with Crippen LogP contribution in [0, 0.1) is 5.82 Å². The lowest BCUT2D eigenvalue weighted by Crippen LogP contribution is -2.22. The third-order valence-electron chi connectivity index (χ3n) is 5.18. The van der Waals surface area contributed by atoms with Gasteiger partial charge in [0.2, 0.25) is 5.91 Å². The topological polar surface area (TPSA) is 101 Å². The van der Waals surface area contributed by atoms with Gasteiger partial charge in [-0.15, -0.1) is 0 Å². The lowest BCUT2D eigenvalue weighted by molar-refractivity contribution is -0.122. The third kappa shape index (κ3) is 3.07. The summed E-state index contributed by atoms with van der Waals surface area (Å²) in [7, 11) is 0. The number of hydrogen-bond acceptors (Lipinski definition) is 5. The predicted molar refractivity (Wildman–Crippen MR) is 108 cm³/mol. The minimum Gasteiger partial charge on any atom is -0.354 e. The Kier molecular flexibility index (Phi) is 4.39. The average Bonchev–Trinajstić information content (AvgIpc) is 3.42. The Morgan fingerprint density at radius 2 is 2.10 bits per heavy atom. The molecule has 8 nitrogen and oxygen atoms in total. The van der Waals surface area contributed by atoms with Gasteiger partial charge >= 0.3 is 0 Å². The van der Waals surface area contributed by atoms with Crippen LogP contribution in [0.15, 0.2) is 36.7 Å². The first kappa shape index (κ1) is 18.6. The fraction of sp³-hybridized carbons (Fsp3) is 0.200. The molecule has 4 heterocycles. The maximum Gasteiger partial charge on any atom is 0.255 e. The Hall–Kier alpha value is -3.46. The lowest BCUT2D eigenvalue weighted by Gasteiger charge is -2.12. The van der Waals surface area contributed by atoms with Gasteiger partial charge in [0.1, 0.15) is 11.9 Å². The molecule has 0 radical (unpaired) electrons. The molecule has 2 amide bonds. The summed E-state index contributed by atoms with van der Waals surface area (Å²) in [5.74, 6) is -0.850. The quantitative estimate of drug-likeness (QED) is 0.595. The van der Waals surface area contributed by atoms with Gasteiger partial charge < -0.3 is 16.0 Å². The van der Waals surface area contributed by atoms with Crippen LogP contribution in [0.3, 0.4) is 0 Å². The van der Waals surface area contributed by atoms with E-state index in [9.17, 15) is 14.0 Å². The Balaban J connectivity index is 1.55. The molecule has 10 heteroatoms. The van der Waals surface area contributed by atoms with Gasteiger partial charge in [-0.05, 0) is 24.6 Å². The van der Waals surface area contributed by atoms with Crippen molar-refractivity contribution < 1.29 is 14.0 Å². The molecule has 2 aliphatic heterocycles. The lowest BCUT2D eigenvalue weighted by atomic mass is 10.1. The van der Waals surface area contributed by atoms with Gasteiger partial charge in [0, 0.05) is 12.7 Å². The minimum atomic E-state index is -0.502. The highest BCUT2D eigenvalue weighted by atomic mass is 35.5. The van der Waals surface area contributed by atoms with E-state index in [-0.39, 0.29) is 35.0 Å². The smallest absolute Gasteiger partial charge is 0.255 e. The zero-order valence-corrected chi connectivity index (χ0v) is 16.3.